The van der Waals surface area contributed by atoms with Crippen LogP contribution in [0.5, 0.6) is 0 Å². The molecule has 1 aromatic carbocycles. The third-order valence-corrected chi connectivity index (χ3v) is 2.55. The number of ketones is 1. The van der Waals surface area contributed by atoms with E-state index in [0.29, 0.717) is 13.1 Å². The molecule has 1 aromatic rings. The van der Waals surface area contributed by atoms with E-state index in [1.54, 1.807) is 4.90 Å². The lowest BCUT2D eigenvalue weighted by Crippen LogP contribution is -2.33. The maximum Gasteiger partial charge on any atom is 0.179 e. The Morgan fingerprint density at radius 2 is 2.06 bits per heavy atom. The number of benzene rings is 1. The third-order valence-electron chi connectivity index (χ3n) is 2.55. The number of halogens is 2. The zero-order chi connectivity index (χ0) is 13.5. The Hall–Kier alpha value is -1.33. The van der Waals surface area contributed by atoms with Gasteiger partial charge in [-0.1, -0.05) is 6.92 Å². The SMILES string of the molecule is CCCN(CCO)CC(=O)c1cc(F)ccc1F. The molecule has 1 rings (SSSR count). The second-order valence-electron chi connectivity index (χ2n) is 4.05. The number of rotatable bonds is 7. The molecule has 5 heteroatoms. The summed E-state index contributed by atoms with van der Waals surface area (Å²) in [6.45, 7) is 2.82. The van der Waals surface area contributed by atoms with Crippen LogP contribution in [0.1, 0.15) is 23.7 Å². The Bertz CT molecular complexity index is 404. The average molecular weight is 257 g/mol. The number of carbonyl (C=O) groups is 1. The molecular formula is C13H17F2NO2. The zero-order valence-corrected chi connectivity index (χ0v) is 10.3. The van der Waals surface area contributed by atoms with E-state index in [9.17, 15) is 13.6 Å². The molecule has 0 aliphatic rings. The van der Waals surface area contributed by atoms with Crippen LogP contribution in [0.15, 0.2) is 18.2 Å². The number of nitrogens with zero attached hydrogens (tertiary/aromatic N) is 1. The summed E-state index contributed by atoms with van der Waals surface area (Å²) in [7, 11) is 0. The molecule has 0 saturated carbocycles. The molecule has 1 N–H and O–H groups in total. The maximum absolute atomic E-state index is 13.4. The molecule has 3 nitrogen and oxygen atoms in total. The van der Waals surface area contributed by atoms with Crippen LogP contribution < -0.4 is 0 Å². The van der Waals surface area contributed by atoms with Crippen LogP contribution in [-0.2, 0) is 0 Å². The molecule has 18 heavy (non-hydrogen) atoms. The topological polar surface area (TPSA) is 40.5 Å². The van der Waals surface area contributed by atoms with Gasteiger partial charge in [0.05, 0.1) is 18.7 Å². The largest absolute Gasteiger partial charge is 0.395 e. The molecular weight excluding hydrogens is 240 g/mol. The van der Waals surface area contributed by atoms with Crippen molar-refractivity contribution in [1.82, 2.24) is 4.90 Å². The summed E-state index contributed by atoms with van der Waals surface area (Å²) in [4.78, 5) is 13.6. The molecule has 0 atom stereocenters. The van der Waals surface area contributed by atoms with Crippen molar-refractivity contribution in [3.8, 4) is 0 Å². The number of aliphatic hydroxyl groups is 1. The standard InChI is InChI=1S/C13H17F2NO2/c1-2-5-16(6-7-17)9-13(18)11-8-10(14)3-4-12(11)15/h3-4,8,17H,2,5-7,9H2,1H3. The molecule has 0 bridgehead atoms. The maximum atomic E-state index is 13.4. The Kier molecular flexibility index (Phi) is 5.88. The first-order valence-electron chi connectivity index (χ1n) is 5.90. The highest BCUT2D eigenvalue weighted by Gasteiger charge is 2.16. The summed E-state index contributed by atoms with van der Waals surface area (Å²) in [5, 5.41) is 8.86. The van der Waals surface area contributed by atoms with E-state index in [2.05, 4.69) is 0 Å². The monoisotopic (exact) mass is 257 g/mol. The van der Waals surface area contributed by atoms with Crippen LogP contribution in [-0.4, -0.2) is 42.0 Å². The number of aliphatic hydroxyl groups excluding tert-OH is 1. The molecule has 0 spiro atoms. The van der Waals surface area contributed by atoms with Crippen LogP contribution in [0.3, 0.4) is 0 Å². The van der Waals surface area contributed by atoms with Gasteiger partial charge in [-0.3, -0.25) is 9.69 Å². The van der Waals surface area contributed by atoms with E-state index >= 15 is 0 Å². The molecule has 0 aliphatic heterocycles. The molecule has 0 radical (unpaired) electrons. The molecule has 0 fully saturated rings. The predicted octanol–water partition coefficient (Wildman–Crippen LogP) is 1.85. The van der Waals surface area contributed by atoms with Gasteiger partial charge in [-0.2, -0.15) is 0 Å². The van der Waals surface area contributed by atoms with Gasteiger partial charge >= 0.3 is 0 Å². The van der Waals surface area contributed by atoms with Gasteiger partial charge in [0.2, 0.25) is 0 Å². The van der Waals surface area contributed by atoms with Gasteiger partial charge in [-0.25, -0.2) is 8.78 Å². The van der Waals surface area contributed by atoms with Gasteiger partial charge in [-0.15, -0.1) is 0 Å². The van der Waals surface area contributed by atoms with Crippen LogP contribution >= 0.6 is 0 Å². The molecule has 0 aliphatic carbocycles. The average Bonchev–Trinajstić information content (AvgIpc) is 2.33. The summed E-state index contributed by atoms with van der Waals surface area (Å²) >= 11 is 0. The number of Topliss-reactive ketones (excluding diaryl/α,β-unsaturated/α-hetero) is 1. The smallest absolute Gasteiger partial charge is 0.179 e. The minimum Gasteiger partial charge on any atom is -0.395 e. The first kappa shape index (κ1) is 14.7. The molecule has 0 unspecified atom stereocenters. The van der Waals surface area contributed by atoms with Crippen molar-refractivity contribution in [3.05, 3.63) is 35.4 Å². The lowest BCUT2D eigenvalue weighted by Gasteiger charge is -2.19. The van der Waals surface area contributed by atoms with E-state index in [4.69, 9.17) is 5.11 Å². The van der Waals surface area contributed by atoms with Crippen molar-refractivity contribution in [3.63, 3.8) is 0 Å². The third kappa shape index (κ3) is 4.16. The van der Waals surface area contributed by atoms with Crippen molar-refractivity contribution >= 4 is 5.78 Å². The van der Waals surface area contributed by atoms with E-state index in [1.807, 2.05) is 6.92 Å². The minimum absolute atomic E-state index is 0.0191. The van der Waals surface area contributed by atoms with E-state index < -0.39 is 17.4 Å². The summed E-state index contributed by atoms with van der Waals surface area (Å²) in [5.41, 5.74) is -0.242. The van der Waals surface area contributed by atoms with Crippen molar-refractivity contribution < 1.29 is 18.7 Å². The Morgan fingerprint density at radius 1 is 1.33 bits per heavy atom. The molecule has 0 amide bonds. The number of hydrogen-bond donors (Lipinski definition) is 1. The molecule has 100 valence electrons. The van der Waals surface area contributed by atoms with Crippen LogP contribution in [0.4, 0.5) is 8.78 Å². The predicted molar refractivity (Wildman–Crippen MR) is 64.5 cm³/mol. The van der Waals surface area contributed by atoms with Crippen molar-refractivity contribution in [2.75, 3.05) is 26.2 Å². The van der Waals surface area contributed by atoms with Gasteiger partial charge in [-0.05, 0) is 31.2 Å². The summed E-state index contributed by atoms with van der Waals surface area (Å²) in [6.07, 6.45) is 0.818. The molecule has 0 aromatic heterocycles. The first-order chi connectivity index (χ1) is 8.58. The number of hydrogen-bond acceptors (Lipinski definition) is 3. The van der Waals surface area contributed by atoms with Gasteiger partial charge in [0, 0.05) is 6.54 Å². The highest BCUT2D eigenvalue weighted by atomic mass is 19.1. The second kappa shape index (κ2) is 7.18. The van der Waals surface area contributed by atoms with Gasteiger partial charge < -0.3 is 5.11 Å². The lowest BCUT2D eigenvalue weighted by atomic mass is 10.1. The fourth-order valence-electron chi connectivity index (χ4n) is 1.73. The van der Waals surface area contributed by atoms with E-state index in [0.717, 1.165) is 24.6 Å². The Labute approximate surface area is 105 Å². The minimum atomic E-state index is -0.721. The van der Waals surface area contributed by atoms with Crippen LogP contribution in [0.25, 0.3) is 0 Å². The first-order valence-corrected chi connectivity index (χ1v) is 5.90. The van der Waals surface area contributed by atoms with Gasteiger partial charge in [0.15, 0.2) is 5.78 Å². The molecule has 0 saturated heterocycles. The van der Waals surface area contributed by atoms with Gasteiger partial charge in [0.25, 0.3) is 0 Å². The summed E-state index contributed by atoms with van der Waals surface area (Å²) in [6, 6.07) is 2.82. The van der Waals surface area contributed by atoms with Gasteiger partial charge in [0.1, 0.15) is 11.6 Å². The Morgan fingerprint density at radius 3 is 2.67 bits per heavy atom. The lowest BCUT2D eigenvalue weighted by molar-refractivity contribution is 0.0910. The fourth-order valence-corrected chi connectivity index (χ4v) is 1.73. The normalized spacial score (nSPS) is 10.9. The summed E-state index contributed by atoms with van der Waals surface area (Å²) in [5.74, 6) is -1.83. The second-order valence-corrected chi connectivity index (χ2v) is 4.05. The summed E-state index contributed by atoms with van der Waals surface area (Å²) < 4.78 is 26.4. The fraction of sp³-hybridized carbons (Fsp3) is 0.462. The quantitative estimate of drug-likeness (QED) is 0.758. The van der Waals surface area contributed by atoms with Crippen LogP contribution in [0.2, 0.25) is 0 Å². The van der Waals surface area contributed by atoms with Crippen LogP contribution in [0, 0.1) is 11.6 Å². The van der Waals surface area contributed by atoms with E-state index in [1.165, 1.54) is 0 Å². The highest BCUT2D eigenvalue weighted by molar-refractivity contribution is 5.97. The van der Waals surface area contributed by atoms with Crippen molar-refractivity contribution in [1.29, 1.82) is 0 Å². The zero-order valence-electron chi connectivity index (χ0n) is 10.3. The van der Waals surface area contributed by atoms with Crippen molar-refractivity contribution in [2.24, 2.45) is 0 Å². The number of carbonyl (C=O) groups excluding carboxylic acids is 1. The Balaban J connectivity index is 2.76. The highest BCUT2D eigenvalue weighted by Crippen LogP contribution is 2.11. The van der Waals surface area contributed by atoms with Crippen molar-refractivity contribution in [2.45, 2.75) is 13.3 Å². The van der Waals surface area contributed by atoms with E-state index in [-0.39, 0.29) is 18.7 Å². The molecule has 0 heterocycles.